The molecule has 5 nitrogen and oxygen atoms in total. The maximum absolute atomic E-state index is 12.5. The van der Waals surface area contributed by atoms with E-state index in [2.05, 4.69) is 20.0 Å². The molecule has 3 aromatic rings. The summed E-state index contributed by atoms with van der Waals surface area (Å²) in [5, 5.41) is 7.88. The number of anilines is 2. The van der Waals surface area contributed by atoms with E-state index in [1.165, 1.54) is 22.9 Å². The number of aromatic nitrogens is 2. The minimum atomic E-state index is -0.204. The molecule has 0 aliphatic rings. The lowest BCUT2D eigenvalue weighted by atomic mass is 10.1. The van der Waals surface area contributed by atoms with E-state index < -0.39 is 0 Å². The van der Waals surface area contributed by atoms with E-state index in [9.17, 15) is 4.79 Å². The Kier molecular flexibility index (Phi) is 5.13. The molecule has 2 N–H and O–H groups in total. The summed E-state index contributed by atoms with van der Waals surface area (Å²) in [6.45, 7) is 1.82. The highest BCUT2D eigenvalue weighted by atomic mass is 35.5. The van der Waals surface area contributed by atoms with Gasteiger partial charge in [0, 0.05) is 29.6 Å². The van der Waals surface area contributed by atoms with Gasteiger partial charge in [0.15, 0.2) is 5.13 Å². The second kappa shape index (κ2) is 7.29. The molecule has 0 unspecified atom stereocenters. The van der Waals surface area contributed by atoms with Crippen molar-refractivity contribution in [1.82, 2.24) is 9.36 Å². The van der Waals surface area contributed by atoms with Gasteiger partial charge in [0.1, 0.15) is 5.00 Å². The summed E-state index contributed by atoms with van der Waals surface area (Å²) < 4.78 is 4.21. The molecule has 3 rings (SSSR count). The molecule has 0 spiro atoms. The van der Waals surface area contributed by atoms with Crippen LogP contribution in [-0.4, -0.2) is 22.3 Å². The number of carbonyl (C=O) groups is 1. The van der Waals surface area contributed by atoms with Crippen LogP contribution < -0.4 is 10.6 Å². The molecule has 2 heterocycles. The minimum absolute atomic E-state index is 0.204. The molecule has 124 valence electrons. The van der Waals surface area contributed by atoms with Gasteiger partial charge in [-0.15, -0.1) is 11.3 Å². The molecule has 2 aromatic heterocycles. The standard InChI is InChI=1S/C16H15ClN4OS2/c1-9-13(15(18-2)24-21-9)14(22)20-16-19-8-11(23-16)7-10-5-3-4-6-12(10)17/h3-6,8,18H,7H2,1-2H3,(H,19,20,22). The second-order valence-electron chi connectivity index (χ2n) is 5.08. The maximum atomic E-state index is 12.5. The predicted molar refractivity (Wildman–Crippen MR) is 101 cm³/mol. The van der Waals surface area contributed by atoms with Crippen LogP contribution in [0.2, 0.25) is 5.02 Å². The summed E-state index contributed by atoms with van der Waals surface area (Å²) in [7, 11) is 1.77. The van der Waals surface area contributed by atoms with Crippen molar-refractivity contribution in [1.29, 1.82) is 0 Å². The molecule has 24 heavy (non-hydrogen) atoms. The van der Waals surface area contributed by atoms with E-state index in [0.717, 1.165) is 20.5 Å². The van der Waals surface area contributed by atoms with Crippen molar-refractivity contribution in [3.63, 3.8) is 0 Å². The van der Waals surface area contributed by atoms with Gasteiger partial charge < -0.3 is 5.32 Å². The number of halogens is 1. The van der Waals surface area contributed by atoms with Crippen LogP contribution >= 0.6 is 34.5 Å². The molecule has 0 bridgehead atoms. The number of thiazole rings is 1. The van der Waals surface area contributed by atoms with Crippen LogP contribution in [-0.2, 0) is 6.42 Å². The van der Waals surface area contributed by atoms with Gasteiger partial charge in [-0.1, -0.05) is 29.8 Å². The van der Waals surface area contributed by atoms with Gasteiger partial charge in [0.2, 0.25) is 0 Å². The van der Waals surface area contributed by atoms with Crippen molar-refractivity contribution < 1.29 is 4.79 Å². The third-order valence-electron chi connectivity index (χ3n) is 3.41. The number of hydrogen-bond acceptors (Lipinski definition) is 6. The lowest BCUT2D eigenvalue weighted by molar-refractivity contribution is 0.102. The summed E-state index contributed by atoms with van der Waals surface area (Å²) in [6, 6.07) is 7.71. The summed E-state index contributed by atoms with van der Waals surface area (Å²) >= 11 is 8.90. The molecule has 1 aromatic carbocycles. The Labute approximate surface area is 152 Å². The summed E-state index contributed by atoms with van der Waals surface area (Å²) in [6.07, 6.45) is 2.45. The topological polar surface area (TPSA) is 66.9 Å². The average Bonchev–Trinajstić information content (AvgIpc) is 3.15. The fourth-order valence-corrected chi connectivity index (χ4v) is 4.02. The van der Waals surface area contributed by atoms with Gasteiger partial charge in [-0.3, -0.25) is 10.1 Å². The molecule has 1 amide bonds. The highest BCUT2D eigenvalue weighted by Gasteiger charge is 2.19. The molecule has 0 saturated carbocycles. The first-order valence-corrected chi connectivity index (χ1v) is 9.18. The zero-order chi connectivity index (χ0) is 17.1. The third kappa shape index (κ3) is 3.58. The van der Waals surface area contributed by atoms with Crippen molar-refractivity contribution in [3.05, 3.63) is 57.2 Å². The van der Waals surface area contributed by atoms with Crippen molar-refractivity contribution in [2.24, 2.45) is 0 Å². The third-order valence-corrected chi connectivity index (χ3v) is 5.65. The maximum Gasteiger partial charge on any atom is 0.262 e. The number of benzene rings is 1. The van der Waals surface area contributed by atoms with Crippen LogP contribution in [0.3, 0.4) is 0 Å². The van der Waals surface area contributed by atoms with Gasteiger partial charge >= 0.3 is 0 Å². The zero-order valence-electron chi connectivity index (χ0n) is 13.1. The number of nitrogens with one attached hydrogen (secondary N) is 2. The number of amides is 1. The smallest absolute Gasteiger partial charge is 0.262 e. The Morgan fingerprint density at radius 1 is 1.33 bits per heavy atom. The number of carbonyl (C=O) groups excluding carboxylic acids is 1. The summed E-state index contributed by atoms with van der Waals surface area (Å²) in [4.78, 5) is 17.8. The number of rotatable bonds is 5. The Morgan fingerprint density at radius 2 is 2.12 bits per heavy atom. The van der Waals surface area contributed by atoms with E-state index >= 15 is 0 Å². The molecule has 0 aliphatic heterocycles. The Bertz CT molecular complexity index is 875. The van der Waals surface area contributed by atoms with Crippen LogP contribution in [0.15, 0.2) is 30.5 Å². The molecule has 0 aliphatic carbocycles. The number of nitrogens with zero attached hydrogens (tertiary/aromatic N) is 2. The molecule has 0 saturated heterocycles. The van der Waals surface area contributed by atoms with E-state index in [1.54, 1.807) is 13.2 Å². The summed E-state index contributed by atoms with van der Waals surface area (Å²) in [5.41, 5.74) is 2.30. The molecule has 0 radical (unpaired) electrons. The van der Waals surface area contributed by atoms with Gasteiger partial charge in [0.25, 0.3) is 5.91 Å². The predicted octanol–water partition coefficient (Wildman–Crippen LogP) is 4.45. The Morgan fingerprint density at radius 3 is 2.88 bits per heavy atom. The molecular weight excluding hydrogens is 364 g/mol. The van der Waals surface area contributed by atoms with E-state index in [0.29, 0.717) is 22.8 Å². The first-order chi connectivity index (χ1) is 11.6. The van der Waals surface area contributed by atoms with Crippen molar-refractivity contribution in [2.75, 3.05) is 17.7 Å². The van der Waals surface area contributed by atoms with E-state index in [4.69, 9.17) is 11.6 Å². The van der Waals surface area contributed by atoms with E-state index in [-0.39, 0.29) is 5.91 Å². The van der Waals surface area contributed by atoms with Crippen molar-refractivity contribution >= 4 is 50.5 Å². The summed E-state index contributed by atoms with van der Waals surface area (Å²) in [5.74, 6) is -0.204. The van der Waals surface area contributed by atoms with Crippen LogP contribution in [0.4, 0.5) is 10.1 Å². The van der Waals surface area contributed by atoms with Crippen LogP contribution in [0.5, 0.6) is 0 Å². The highest BCUT2D eigenvalue weighted by Crippen LogP contribution is 2.27. The fraction of sp³-hybridized carbons (Fsp3) is 0.188. The van der Waals surface area contributed by atoms with Gasteiger partial charge in [-0.2, -0.15) is 4.37 Å². The van der Waals surface area contributed by atoms with Gasteiger partial charge in [-0.25, -0.2) is 4.98 Å². The molecule has 0 atom stereocenters. The normalized spacial score (nSPS) is 10.6. The lowest BCUT2D eigenvalue weighted by Gasteiger charge is -2.03. The fourth-order valence-electron chi connectivity index (χ4n) is 2.24. The Hall–Kier alpha value is -1.96. The van der Waals surface area contributed by atoms with Gasteiger partial charge in [-0.05, 0) is 30.1 Å². The largest absolute Gasteiger partial charge is 0.378 e. The van der Waals surface area contributed by atoms with Crippen LogP contribution in [0, 0.1) is 6.92 Å². The first-order valence-electron chi connectivity index (χ1n) is 7.22. The SMILES string of the molecule is CNc1snc(C)c1C(=O)Nc1ncc(Cc2ccccc2Cl)s1. The number of aryl methyl sites for hydroxylation is 1. The lowest BCUT2D eigenvalue weighted by Crippen LogP contribution is -2.13. The molecule has 0 fully saturated rings. The van der Waals surface area contributed by atoms with Gasteiger partial charge in [0.05, 0.1) is 11.3 Å². The van der Waals surface area contributed by atoms with Crippen LogP contribution in [0.25, 0.3) is 0 Å². The molecular formula is C16H15ClN4OS2. The Balaban J connectivity index is 1.73. The zero-order valence-corrected chi connectivity index (χ0v) is 15.5. The molecule has 8 heteroatoms. The monoisotopic (exact) mass is 378 g/mol. The highest BCUT2D eigenvalue weighted by molar-refractivity contribution is 7.15. The van der Waals surface area contributed by atoms with Crippen LogP contribution in [0.1, 0.15) is 26.5 Å². The van der Waals surface area contributed by atoms with E-state index in [1.807, 2.05) is 31.2 Å². The number of hydrogen-bond donors (Lipinski definition) is 2. The van der Waals surface area contributed by atoms with Crippen molar-refractivity contribution in [3.8, 4) is 0 Å². The average molecular weight is 379 g/mol. The van der Waals surface area contributed by atoms with Crippen molar-refractivity contribution in [2.45, 2.75) is 13.3 Å². The minimum Gasteiger partial charge on any atom is -0.378 e. The quantitative estimate of drug-likeness (QED) is 0.688. The second-order valence-corrected chi connectivity index (χ2v) is 7.37. The first kappa shape index (κ1) is 16.9.